The third kappa shape index (κ3) is 2.84. The molecule has 3 rings (SSSR count). The summed E-state index contributed by atoms with van der Waals surface area (Å²) in [5.41, 5.74) is 2.32. The Hall–Kier alpha value is -1.06. The van der Waals surface area contributed by atoms with Crippen LogP contribution >= 0.6 is 11.6 Å². The van der Waals surface area contributed by atoms with Crippen molar-refractivity contribution in [1.29, 1.82) is 0 Å². The number of aromatic nitrogens is 2. The number of alkyl halides is 1. The molecule has 0 bridgehead atoms. The molecule has 0 amide bonds. The highest BCUT2D eigenvalue weighted by Crippen LogP contribution is 2.26. The lowest BCUT2D eigenvalue weighted by Crippen LogP contribution is -2.29. The van der Waals surface area contributed by atoms with Crippen molar-refractivity contribution in [3.63, 3.8) is 0 Å². The maximum Gasteiger partial charge on any atom is 0.111 e. The lowest BCUT2D eigenvalue weighted by atomic mass is 10.3. The lowest BCUT2D eigenvalue weighted by molar-refractivity contribution is 0.266. The van der Waals surface area contributed by atoms with Gasteiger partial charge in [-0.1, -0.05) is 19.1 Å². The van der Waals surface area contributed by atoms with Crippen LogP contribution in [0.5, 0.6) is 0 Å². The highest BCUT2D eigenvalue weighted by Gasteiger charge is 2.27. The number of hydrogen-bond acceptors (Lipinski definition) is 2. The van der Waals surface area contributed by atoms with Crippen molar-refractivity contribution in [2.75, 3.05) is 19.0 Å². The van der Waals surface area contributed by atoms with E-state index in [9.17, 15) is 0 Å². The molecule has 4 heteroatoms. The van der Waals surface area contributed by atoms with Gasteiger partial charge in [-0.05, 0) is 31.5 Å². The van der Waals surface area contributed by atoms with Crippen molar-refractivity contribution in [3.05, 3.63) is 30.1 Å². The second-order valence-electron chi connectivity index (χ2n) is 5.47. The molecule has 1 heterocycles. The fourth-order valence-electron chi connectivity index (χ4n) is 2.92. The zero-order valence-corrected chi connectivity index (χ0v) is 12.8. The quantitative estimate of drug-likeness (QED) is 0.730. The average Bonchev–Trinajstić information content (AvgIpc) is 3.24. The maximum atomic E-state index is 5.92. The van der Waals surface area contributed by atoms with Gasteiger partial charge in [-0.3, -0.25) is 4.90 Å². The van der Waals surface area contributed by atoms with Crippen LogP contribution in [0.15, 0.2) is 24.3 Å². The molecule has 0 atom stereocenters. The second-order valence-corrected chi connectivity index (χ2v) is 5.85. The molecule has 1 aromatic heterocycles. The molecule has 2 aromatic rings. The van der Waals surface area contributed by atoms with Gasteiger partial charge in [0.2, 0.25) is 0 Å². The number of nitrogens with zero attached hydrogens (tertiary/aromatic N) is 3. The van der Waals surface area contributed by atoms with Gasteiger partial charge in [0, 0.05) is 31.4 Å². The van der Waals surface area contributed by atoms with Crippen molar-refractivity contribution >= 4 is 22.6 Å². The summed E-state index contributed by atoms with van der Waals surface area (Å²) in [4.78, 5) is 7.31. The zero-order chi connectivity index (χ0) is 13.9. The first-order valence-electron chi connectivity index (χ1n) is 7.57. The van der Waals surface area contributed by atoms with E-state index in [-0.39, 0.29) is 0 Å². The van der Waals surface area contributed by atoms with E-state index >= 15 is 0 Å². The topological polar surface area (TPSA) is 21.1 Å². The van der Waals surface area contributed by atoms with Crippen LogP contribution in [0.2, 0.25) is 0 Å². The molecule has 1 aliphatic rings. The number of para-hydroxylation sites is 2. The van der Waals surface area contributed by atoms with Crippen LogP contribution in [0.3, 0.4) is 0 Å². The molecule has 0 N–H and O–H groups in total. The Morgan fingerprint density at radius 2 is 2.15 bits per heavy atom. The molecular formula is C16H22ClN3. The van der Waals surface area contributed by atoms with Gasteiger partial charge < -0.3 is 4.57 Å². The van der Waals surface area contributed by atoms with Gasteiger partial charge in [-0.25, -0.2) is 4.98 Å². The van der Waals surface area contributed by atoms with Gasteiger partial charge in [0.05, 0.1) is 11.0 Å². The fourth-order valence-corrected chi connectivity index (χ4v) is 3.09. The number of rotatable bonds is 7. The molecule has 3 nitrogen and oxygen atoms in total. The summed E-state index contributed by atoms with van der Waals surface area (Å²) in [7, 11) is 0. The van der Waals surface area contributed by atoms with E-state index in [0.717, 1.165) is 43.4 Å². The molecule has 0 radical (unpaired) electrons. The van der Waals surface area contributed by atoms with Gasteiger partial charge in [0.15, 0.2) is 0 Å². The smallest absolute Gasteiger partial charge is 0.111 e. The van der Waals surface area contributed by atoms with Crippen molar-refractivity contribution in [1.82, 2.24) is 14.5 Å². The van der Waals surface area contributed by atoms with Gasteiger partial charge in [-0.2, -0.15) is 0 Å². The van der Waals surface area contributed by atoms with Crippen molar-refractivity contribution in [2.24, 2.45) is 0 Å². The molecule has 20 heavy (non-hydrogen) atoms. The van der Waals surface area contributed by atoms with E-state index < -0.39 is 0 Å². The zero-order valence-electron chi connectivity index (χ0n) is 12.1. The minimum Gasteiger partial charge on any atom is -0.327 e. The first-order valence-corrected chi connectivity index (χ1v) is 8.11. The van der Waals surface area contributed by atoms with E-state index in [1.165, 1.54) is 18.4 Å². The number of aryl methyl sites for hydroxylation is 1. The predicted molar refractivity (Wildman–Crippen MR) is 84.4 cm³/mol. The summed E-state index contributed by atoms with van der Waals surface area (Å²) in [5, 5.41) is 0. The standard InChI is InChI=1S/C16H22ClN3/c1-2-19(13-7-8-13)11-12-20-15-6-4-3-5-14(15)18-16(20)9-10-17/h3-6,13H,2,7-12H2,1H3. The third-order valence-electron chi connectivity index (χ3n) is 4.13. The fraction of sp³-hybridized carbons (Fsp3) is 0.562. The predicted octanol–water partition coefficient (Wildman–Crippen LogP) is 3.30. The van der Waals surface area contributed by atoms with Crippen molar-refractivity contribution in [2.45, 2.75) is 38.8 Å². The summed E-state index contributed by atoms with van der Waals surface area (Å²) in [6, 6.07) is 9.21. The number of likely N-dealkylation sites (N-methyl/N-ethyl adjacent to an activating group) is 1. The Morgan fingerprint density at radius 3 is 2.85 bits per heavy atom. The first kappa shape index (κ1) is 13.9. The minimum atomic E-state index is 0.628. The maximum absolute atomic E-state index is 5.92. The van der Waals surface area contributed by atoms with E-state index in [1.54, 1.807) is 0 Å². The van der Waals surface area contributed by atoms with Gasteiger partial charge in [0.25, 0.3) is 0 Å². The van der Waals surface area contributed by atoms with E-state index in [0.29, 0.717) is 5.88 Å². The molecule has 0 saturated heterocycles. The number of halogens is 1. The molecule has 0 unspecified atom stereocenters. The van der Waals surface area contributed by atoms with Crippen LogP contribution in [0.25, 0.3) is 11.0 Å². The normalized spacial score (nSPS) is 15.3. The van der Waals surface area contributed by atoms with E-state index in [2.05, 4.69) is 34.6 Å². The number of fused-ring (bicyclic) bond motifs is 1. The Labute approximate surface area is 125 Å². The molecule has 1 fully saturated rings. The first-order chi connectivity index (χ1) is 9.83. The van der Waals surface area contributed by atoms with Crippen LogP contribution in [0.1, 0.15) is 25.6 Å². The number of hydrogen-bond donors (Lipinski definition) is 0. The van der Waals surface area contributed by atoms with Gasteiger partial charge in [0.1, 0.15) is 5.82 Å². The monoisotopic (exact) mass is 291 g/mol. The Kier molecular flexibility index (Phi) is 4.27. The van der Waals surface area contributed by atoms with Crippen molar-refractivity contribution in [3.8, 4) is 0 Å². The number of imidazole rings is 1. The summed E-state index contributed by atoms with van der Waals surface area (Å²) in [6.45, 7) is 5.51. The molecular weight excluding hydrogens is 270 g/mol. The molecule has 1 saturated carbocycles. The molecule has 0 aliphatic heterocycles. The van der Waals surface area contributed by atoms with Gasteiger partial charge >= 0.3 is 0 Å². The SMILES string of the molecule is CCN(CCn1c(CCCl)nc2ccccc21)C1CC1. The molecule has 0 spiro atoms. The highest BCUT2D eigenvalue weighted by atomic mass is 35.5. The second kappa shape index (κ2) is 6.15. The molecule has 1 aromatic carbocycles. The summed E-state index contributed by atoms with van der Waals surface area (Å²) < 4.78 is 2.35. The van der Waals surface area contributed by atoms with Gasteiger partial charge in [-0.15, -0.1) is 11.6 Å². The third-order valence-corrected chi connectivity index (χ3v) is 4.32. The van der Waals surface area contributed by atoms with Crippen LogP contribution in [-0.2, 0) is 13.0 Å². The summed E-state index contributed by atoms with van der Waals surface area (Å²) >= 11 is 5.92. The van der Waals surface area contributed by atoms with Crippen LogP contribution in [0.4, 0.5) is 0 Å². The summed E-state index contributed by atoms with van der Waals surface area (Å²) in [6.07, 6.45) is 3.58. The molecule has 1 aliphatic carbocycles. The van der Waals surface area contributed by atoms with E-state index in [4.69, 9.17) is 16.6 Å². The van der Waals surface area contributed by atoms with Crippen LogP contribution in [0, 0.1) is 0 Å². The van der Waals surface area contributed by atoms with Crippen LogP contribution in [-0.4, -0.2) is 39.5 Å². The Bertz CT molecular complexity index is 574. The Morgan fingerprint density at radius 1 is 1.35 bits per heavy atom. The highest BCUT2D eigenvalue weighted by molar-refractivity contribution is 6.17. The number of benzene rings is 1. The Balaban J connectivity index is 1.82. The average molecular weight is 292 g/mol. The van der Waals surface area contributed by atoms with E-state index in [1.807, 2.05) is 6.07 Å². The lowest BCUT2D eigenvalue weighted by Gasteiger charge is -2.20. The summed E-state index contributed by atoms with van der Waals surface area (Å²) in [5.74, 6) is 1.75. The molecule has 108 valence electrons. The largest absolute Gasteiger partial charge is 0.327 e. The minimum absolute atomic E-state index is 0.628. The van der Waals surface area contributed by atoms with Crippen molar-refractivity contribution < 1.29 is 0 Å². The van der Waals surface area contributed by atoms with Crippen LogP contribution < -0.4 is 0 Å².